The summed E-state index contributed by atoms with van der Waals surface area (Å²) in [6.07, 6.45) is 22.8. The normalized spacial score (nSPS) is 24.8. The summed E-state index contributed by atoms with van der Waals surface area (Å²) in [6, 6.07) is 1.03. The summed E-state index contributed by atoms with van der Waals surface area (Å²) in [4.78, 5) is 0. The van der Waals surface area contributed by atoms with Gasteiger partial charge < -0.3 is 13.3 Å². The molecule has 3 aliphatic rings. The van der Waals surface area contributed by atoms with E-state index in [-0.39, 0.29) is 0 Å². The Morgan fingerprint density at radius 2 is 0.923 bits per heavy atom. The molecule has 4 heteroatoms. The first-order valence-electron chi connectivity index (χ1n) is 11.8. The summed E-state index contributed by atoms with van der Waals surface area (Å²) < 4.78 is 20.6. The lowest BCUT2D eigenvalue weighted by Crippen LogP contribution is -2.53. The minimum Gasteiger partial charge on any atom is -0.370 e. The van der Waals surface area contributed by atoms with Crippen LogP contribution in [0.15, 0.2) is 0 Å². The molecule has 0 N–H and O–H groups in total. The van der Waals surface area contributed by atoms with Crippen molar-refractivity contribution in [2.75, 3.05) is 0 Å². The molecule has 3 fully saturated rings. The molecule has 0 radical (unpaired) electrons. The van der Waals surface area contributed by atoms with Crippen LogP contribution in [0.4, 0.5) is 0 Å². The Bertz CT molecular complexity index is 321. The van der Waals surface area contributed by atoms with Gasteiger partial charge in [0.05, 0.1) is 0 Å². The van der Waals surface area contributed by atoms with Gasteiger partial charge in [0.1, 0.15) is 0 Å². The summed E-state index contributed by atoms with van der Waals surface area (Å²) in [6.45, 7) is 2.28. The predicted molar refractivity (Wildman–Crippen MR) is 109 cm³/mol. The first-order chi connectivity index (χ1) is 12.8. The van der Waals surface area contributed by atoms with Crippen LogP contribution in [0.1, 0.15) is 116 Å². The van der Waals surface area contributed by atoms with Crippen LogP contribution in [0.25, 0.3) is 0 Å². The molecule has 0 aromatic rings. The number of hydrogen-bond donors (Lipinski definition) is 0. The minimum atomic E-state index is -2.58. The average Bonchev–Trinajstić information content (AvgIpc) is 2.69. The lowest BCUT2D eigenvalue weighted by molar-refractivity contribution is -0.0410. The molecule has 3 nitrogen and oxygen atoms in total. The molecule has 0 aliphatic heterocycles. The monoisotopic (exact) mass is 382 g/mol. The van der Waals surface area contributed by atoms with Crippen molar-refractivity contribution in [2.24, 2.45) is 0 Å². The molecule has 0 heterocycles. The van der Waals surface area contributed by atoms with E-state index in [0.717, 1.165) is 6.04 Å². The largest absolute Gasteiger partial charge is 0.501 e. The standard InChI is InChI=1S/C22H42O3Si/c1-2-3-19-26(23-20-13-7-4-8-14-20,24-21-15-9-5-10-16-21)25-22-17-11-6-12-18-22/h20-22H,2-19H2,1H3. The molecule has 3 aliphatic carbocycles. The van der Waals surface area contributed by atoms with Crippen LogP contribution >= 0.6 is 0 Å². The molecule has 0 unspecified atom stereocenters. The second-order valence-corrected chi connectivity index (χ2v) is 11.5. The maximum Gasteiger partial charge on any atom is 0.501 e. The van der Waals surface area contributed by atoms with Crippen LogP contribution in [-0.4, -0.2) is 27.1 Å². The van der Waals surface area contributed by atoms with Crippen LogP contribution in [0.3, 0.4) is 0 Å². The van der Waals surface area contributed by atoms with Gasteiger partial charge in [0.15, 0.2) is 0 Å². The van der Waals surface area contributed by atoms with E-state index >= 15 is 0 Å². The number of hydrogen-bond acceptors (Lipinski definition) is 3. The van der Waals surface area contributed by atoms with Crippen molar-refractivity contribution < 1.29 is 13.3 Å². The highest BCUT2D eigenvalue weighted by atomic mass is 28.4. The lowest BCUT2D eigenvalue weighted by Gasteiger charge is -2.41. The summed E-state index contributed by atoms with van der Waals surface area (Å²) in [5, 5.41) is 0. The fourth-order valence-corrected chi connectivity index (χ4v) is 8.50. The van der Waals surface area contributed by atoms with Crippen molar-refractivity contribution in [3.63, 3.8) is 0 Å². The van der Waals surface area contributed by atoms with Gasteiger partial charge in [-0.1, -0.05) is 71.1 Å². The Morgan fingerprint density at radius 1 is 0.577 bits per heavy atom. The topological polar surface area (TPSA) is 27.7 Å². The van der Waals surface area contributed by atoms with Crippen LogP contribution < -0.4 is 0 Å². The molecule has 0 spiro atoms. The fourth-order valence-electron chi connectivity index (χ4n) is 4.96. The Labute approximate surface area is 162 Å². The molecule has 3 saturated carbocycles. The van der Waals surface area contributed by atoms with Gasteiger partial charge in [-0.3, -0.25) is 0 Å². The zero-order chi connectivity index (χ0) is 18.1. The molecule has 0 aromatic carbocycles. The summed E-state index contributed by atoms with van der Waals surface area (Å²) >= 11 is 0. The molecule has 0 aromatic heterocycles. The number of rotatable bonds is 9. The van der Waals surface area contributed by atoms with E-state index < -0.39 is 8.80 Å². The Balaban J connectivity index is 1.71. The third kappa shape index (κ3) is 6.61. The summed E-state index contributed by atoms with van der Waals surface area (Å²) in [7, 11) is -2.58. The highest BCUT2D eigenvalue weighted by Gasteiger charge is 2.47. The van der Waals surface area contributed by atoms with Crippen molar-refractivity contribution >= 4 is 8.80 Å². The number of unbranched alkanes of at least 4 members (excludes halogenated alkanes) is 1. The molecule has 26 heavy (non-hydrogen) atoms. The van der Waals surface area contributed by atoms with Crippen LogP contribution in [0.2, 0.25) is 6.04 Å². The Kier molecular flexibility index (Phi) is 8.96. The first kappa shape index (κ1) is 20.8. The van der Waals surface area contributed by atoms with Crippen molar-refractivity contribution in [3.8, 4) is 0 Å². The molecule has 0 atom stereocenters. The quantitative estimate of drug-likeness (QED) is 0.412. The van der Waals surface area contributed by atoms with Gasteiger partial charge in [-0.15, -0.1) is 0 Å². The van der Waals surface area contributed by atoms with Crippen molar-refractivity contribution in [3.05, 3.63) is 0 Å². The van der Waals surface area contributed by atoms with Gasteiger partial charge in [0, 0.05) is 24.4 Å². The molecule has 0 amide bonds. The van der Waals surface area contributed by atoms with E-state index in [4.69, 9.17) is 13.3 Å². The van der Waals surface area contributed by atoms with Crippen LogP contribution in [0.5, 0.6) is 0 Å². The van der Waals surface area contributed by atoms with Gasteiger partial charge in [-0.25, -0.2) is 0 Å². The minimum absolute atomic E-state index is 0.388. The van der Waals surface area contributed by atoms with E-state index in [0.29, 0.717) is 18.3 Å². The molecular formula is C22H42O3Si. The third-order valence-electron chi connectivity index (χ3n) is 6.53. The maximum atomic E-state index is 6.88. The van der Waals surface area contributed by atoms with E-state index in [1.54, 1.807) is 0 Å². The smallest absolute Gasteiger partial charge is 0.370 e. The first-order valence-corrected chi connectivity index (χ1v) is 13.8. The van der Waals surface area contributed by atoms with E-state index in [2.05, 4.69) is 6.92 Å². The zero-order valence-corrected chi connectivity index (χ0v) is 18.2. The third-order valence-corrected chi connectivity index (χ3v) is 9.58. The summed E-state index contributed by atoms with van der Waals surface area (Å²) in [5.74, 6) is 0. The van der Waals surface area contributed by atoms with E-state index in [1.165, 1.54) is 109 Å². The molecule has 3 rings (SSSR count). The molecular weight excluding hydrogens is 340 g/mol. The molecule has 0 saturated heterocycles. The molecule has 0 bridgehead atoms. The van der Waals surface area contributed by atoms with Crippen molar-refractivity contribution in [2.45, 2.75) is 140 Å². The predicted octanol–water partition coefficient (Wildman–Crippen LogP) is 6.77. The second-order valence-electron chi connectivity index (χ2n) is 8.92. The summed E-state index contributed by atoms with van der Waals surface area (Å²) in [5.41, 5.74) is 0. The Hall–Kier alpha value is 0.0969. The van der Waals surface area contributed by atoms with Crippen molar-refractivity contribution in [1.29, 1.82) is 0 Å². The van der Waals surface area contributed by atoms with Crippen molar-refractivity contribution in [1.82, 2.24) is 0 Å². The Morgan fingerprint density at radius 3 is 1.23 bits per heavy atom. The fraction of sp³-hybridized carbons (Fsp3) is 1.00. The molecule has 152 valence electrons. The lowest BCUT2D eigenvalue weighted by atomic mass is 9.98. The maximum absolute atomic E-state index is 6.88. The van der Waals surface area contributed by atoms with Gasteiger partial charge >= 0.3 is 8.80 Å². The van der Waals surface area contributed by atoms with Gasteiger partial charge in [-0.2, -0.15) is 0 Å². The SMILES string of the molecule is CCCC[Si](OC1CCCCC1)(OC1CCCCC1)OC1CCCCC1. The highest BCUT2D eigenvalue weighted by Crippen LogP contribution is 2.34. The van der Waals surface area contributed by atoms with Gasteiger partial charge in [-0.05, 0) is 44.9 Å². The van der Waals surface area contributed by atoms with Gasteiger partial charge in [0.25, 0.3) is 0 Å². The highest BCUT2D eigenvalue weighted by molar-refractivity contribution is 6.60. The van der Waals surface area contributed by atoms with Gasteiger partial charge in [0.2, 0.25) is 0 Å². The second kappa shape index (κ2) is 11.2. The average molecular weight is 383 g/mol. The van der Waals surface area contributed by atoms with Crippen LogP contribution in [0, 0.1) is 0 Å². The van der Waals surface area contributed by atoms with Crippen LogP contribution in [-0.2, 0) is 13.3 Å². The van der Waals surface area contributed by atoms with E-state index in [9.17, 15) is 0 Å². The van der Waals surface area contributed by atoms with E-state index in [1.807, 2.05) is 0 Å². The zero-order valence-electron chi connectivity index (χ0n) is 17.2.